The van der Waals surface area contributed by atoms with Gasteiger partial charge in [0.25, 0.3) is 11.8 Å². The van der Waals surface area contributed by atoms with Crippen LogP contribution in [0.2, 0.25) is 0 Å². The molecule has 0 spiro atoms. The summed E-state index contributed by atoms with van der Waals surface area (Å²) in [4.78, 5) is 61.3. The molecule has 226 valence electrons. The van der Waals surface area contributed by atoms with E-state index in [2.05, 4.69) is 16.0 Å². The van der Waals surface area contributed by atoms with Crippen molar-refractivity contribution in [2.24, 2.45) is 0 Å². The zero-order chi connectivity index (χ0) is 29.5. The molecular weight excluding hydrogens is 540 g/mol. The van der Waals surface area contributed by atoms with Crippen molar-refractivity contribution in [3.63, 3.8) is 0 Å². The Morgan fingerprint density at radius 1 is 0.829 bits per heavy atom. The van der Waals surface area contributed by atoms with Crippen molar-refractivity contribution in [3.05, 3.63) is 29.3 Å². The summed E-state index contributed by atoms with van der Waals surface area (Å²) in [7, 11) is 0. The minimum absolute atomic E-state index is 0.0682. The Labute approximate surface area is 238 Å². The average Bonchev–Trinajstić information content (AvgIpc) is 3.20. The molecule has 2 aliphatic heterocycles. The number of imide groups is 2. The molecule has 2 aliphatic rings. The molecule has 1 unspecified atom stereocenters. The highest BCUT2D eigenvalue weighted by atomic mass is 16.6. The predicted molar refractivity (Wildman–Crippen MR) is 144 cm³/mol. The molecule has 41 heavy (non-hydrogen) atoms. The minimum atomic E-state index is -1.01. The summed E-state index contributed by atoms with van der Waals surface area (Å²) in [6.45, 7) is 6.53. The van der Waals surface area contributed by atoms with Crippen LogP contribution in [0.3, 0.4) is 0 Å². The number of piperidine rings is 1. The molecule has 0 bridgehead atoms. The number of hydrogen-bond donors (Lipinski definition) is 3. The molecule has 1 fully saturated rings. The monoisotopic (exact) mass is 578 g/mol. The Kier molecular flexibility index (Phi) is 13.6. The number of hydrogen-bond acceptors (Lipinski definition) is 11. The lowest BCUT2D eigenvalue weighted by Crippen LogP contribution is -2.54. The van der Waals surface area contributed by atoms with Gasteiger partial charge in [0.2, 0.25) is 17.7 Å². The summed E-state index contributed by atoms with van der Waals surface area (Å²) in [5.74, 6) is -2.25. The number of nitrogens with zero attached hydrogens (tertiary/aromatic N) is 1. The first kappa shape index (κ1) is 32.1. The fraction of sp³-hybridized carbons (Fsp3) is 0.593. The first-order chi connectivity index (χ1) is 19.9. The van der Waals surface area contributed by atoms with E-state index in [9.17, 15) is 24.0 Å². The van der Waals surface area contributed by atoms with Gasteiger partial charge in [0, 0.05) is 32.1 Å². The normalized spacial score (nSPS) is 16.6. The van der Waals surface area contributed by atoms with Crippen LogP contribution in [0.15, 0.2) is 18.2 Å². The van der Waals surface area contributed by atoms with E-state index in [0.29, 0.717) is 84.8 Å². The number of benzene rings is 1. The van der Waals surface area contributed by atoms with Gasteiger partial charge in [-0.15, -0.1) is 0 Å². The molecule has 0 saturated carbocycles. The second-order valence-corrected chi connectivity index (χ2v) is 9.15. The number of ether oxygens (including phenoxy) is 5. The highest BCUT2D eigenvalue weighted by Gasteiger charge is 2.45. The lowest BCUT2D eigenvalue weighted by atomic mass is 10.0. The third-order valence-corrected chi connectivity index (χ3v) is 6.14. The van der Waals surface area contributed by atoms with Crippen LogP contribution in [-0.2, 0) is 38.1 Å². The topological polar surface area (TPSA) is 171 Å². The SMILES string of the molecule is CC(=O)NCCOCCOCCOCCOCCOCCNc1cccc2c1C(=O)N(C1CCC(=O)NC1=O)C2=O. The highest BCUT2D eigenvalue weighted by Crippen LogP contribution is 2.32. The van der Waals surface area contributed by atoms with E-state index in [4.69, 9.17) is 23.7 Å². The number of nitrogens with one attached hydrogen (secondary N) is 3. The Morgan fingerprint density at radius 3 is 1.95 bits per heavy atom. The van der Waals surface area contributed by atoms with Crippen LogP contribution in [-0.4, -0.2) is 120 Å². The van der Waals surface area contributed by atoms with Crippen LogP contribution >= 0.6 is 0 Å². The third kappa shape index (κ3) is 10.2. The van der Waals surface area contributed by atoms with Gasteiger partial charge in [-0.1, -0.05) is 6.07 Å². The molecule has 0 aliphatic carbocycles. The van der Waals surface area contributed by atoms with E-state index < -0.39 is 29.7 Å². The summed E-state index contributed by atoms with van der Waals surface area (Å²) >= 11 is 0. The minimum Gasteiger partial charge on any atom is -0.382 e. The average molecular weight is 579 g/mol. The fourth-order valence-corrected chi connectivity index (χ4v) is 4.20. The van der Waals surface area contributed by atoms with Crippen LogP contribution in [0, 0.1) is 0 Å². The Balaban J connectivity index is 1.20. The van der Waals surface area contributed by atoms with Crippen LogP contribution < -0.4 is 16.0 Å². The first-order valence-electron chi connectivity index (χ1n) is 13.6. The van der Waals surface area contributed by atoms with Crippen molar-refractivity contribution in [3.8, 4) is 0 Å². The molecule has 14 heteroatoms. The van der Waals surface area contributed by atoms with E-state index in [0.717, 1.165) is 4.90 Å². The van der Waals surface area contributed by atoms with Crippen LogP contribution in [0.25, 0.3) is 0 Å². The molecule has 1 saturated heterocycles. The first-order valence-corrected chi connectivity index (χ1v) is 13.6. The maximum atomic E-state index is 13.1. The molecule has 0 aromatic heterocycles. The second kappa shape index (κ2) is 17.4. The van der Waals surface area contributed by atoms with Gasteiger partial charge in [-0.25, -0.2) is 0 Å². The largest absolute Gasteiger partial charge is 0.382 e. The van der Waals surface area contributed by atoms with E-state index in [1.807, 2.05) is 0 Å². The molecule has 1 atom stereocenters. The smallest absolute Gasteiger partial charge is 0.264 e. The van der Waals surface area contributed by atoms with Gasteiger partial charge >= 0.3 is 0 Å². The lowest BCUT2D eigenvalue weighted by Gasteiger charge is -2.27. The molecule has 14 nitrogen and oxygen atoms in total. The summed E-state index contributed by atoms with van der Waals surface area (Å²) in [5, 5.41) is 7.95. The van der Waals surface area contributed by atoms with Crippen molar-refractivity contribution in [2.45, 2.75) is 25.8 Å². The summed E-state index contributed by atoms with van der Waals surface area (Å²) in [6, 6.07) is 3.90. The molecule has 0 radical (unpaired) electrons. The standard InChI is InChI=1S/C27H38N4O10/c1-19(32)28-7-9-37-11-13-39-15-17-41-18-16-40-14-12-38-10-8-29-21-4-2-3-20-24(21)27(36)31(26(20)35)22-5-6-23(33)30-25(22)34/h2-4,22,29H,5-18H2,1H3,(H,28,32)(H,30,33,34). The van der Waals surface area contributed by atoms with E-state index in [-0.39, 0.29) is 29.9 Å². The highest BCUT2D eigenvalue weighted by molar-refractivity contribution is 6.25. The molecule has 3 N–H and O–H groups in total. The molecule has 1 aromatic carbocycles. The summed E-state index contributed by atoms with van der Waals surface area (Å²) in [6.07, 6.45) is 0.174. The zero-order valence-corrected chi connectivity index (χ0v) is 23.2. The third-order valence-electron chi connectivity index (χ3n) is 6.14. The van der Waals surface area contributed by atoms with Gasteiger partial charge in [-0.2, -0.15) is 0 Å². The van der Waals surface area contributed by atoms with E-state index >= 15 is 0 Å². The Hall–Kier alpha value is -3.43. The maximum absolute atomic E-state index is 13.1. The van der Waals surface area contributed by atoms with Crippen molar-refractivity contribution in [1.29, 1.82) is 0 Å². The lowest BCUT2D eigenvalue weighted by molar-refractivity contribution is -0.136. The number of carbonyl (C=O) groups is 5. The molecule has 5 amide bonds. The molecule has 3 rings (SSSR count). The van der Waals surface area contributed by atoms with Crippen molar-refractivity contribution in [2.75, 3.05) is 84.5 Å². The fourth-order valence-electron chi connectivity index (χ4n) is 4.20. The number of carbonyl (C=O) groups excluding carboxylic acids is 5. The molecule has 1 aromatic rings. The summed E-state index contributed by atoms with van der Waals surface area (Å²) < 4.78 is 27.1. The van der Waals surface area contributed by atoms with Gasteiger partial charge < -0.3 is 34.3 Å². The maximum Gasteiger partial charge on any atom is 0.264 e. The number of rotatable bonds is 20. The van der Waals surface area contributed by atoms with E-state index in [1.165, 1.54) is 6.92 Å². The summed E-state index contributed by atoms with van der Waals surface area (Å²) in [5.41, 5.74) is 0.908. The number of anilines is 1. The van der Waals surface area contributed by atoms with Crippen LogP contribution in [0.4, 0.5) is 5.69 Å². The Morgan fingerprint density at radius 2 is 1.39 bits per heavy atom. The predicted octanol–water partition coefficient (Wildman–Crippen LogP) is -0.281. The van der Waals surface area contributed by atoms with Gasteiger partial charge in [-0.3, -0.25) is 34.2 Å². The zero-order valence-electron chi connectivity index (χ0n) is 23.2. The van der Waals surface area contributed by atoms with Crippen molar-refractivity contribution >= 4 is 35.2 Å². The molecule has 2 heterocycles. The van der Waals surface area contributed by atoms with Gasteiger partial charge in [-0.05, 0) is 18.6 Å². The van der Waals surface area contributed by atoms with Gasteiger partial charge in [0.15, 0.2) is 0 Å². The Bertz CT molecular complexity index is 1070. The van der Waals surface area contributed by atoms with Gasteiger partial charge in [0.05, 0.1) is 77.2 Å². The quantitative estimate of drug-likeness (QED) is 0.137. The van der Waals surface area contributed by atoms with Crippen LogP contribution in [0.1, 0.15) is 40.5 Å². The van der Waals surface area contributed by atoms with Gasteiger partial charge in [0.1, 0.15) is 6.04 Å². The second-order valence-electron chi connectivity index (χ2n) is 9.15. The number of amides is 5. The van der Waals surface area contributed by atoms with Crippen LogP contribution in [0.5, 0.6) is 0 Å². The number of fused-ring (bicyclic) bond motifs is 1. The van der Waals surface area contributed by atoms with Crippen molar-refractivity contribution in [1.82, 2.24) is 15.5 Å². The van der Waals surface area contributed by atoms with Crippen molar-refractivity contribution < 1.29 is 47.7 Å². The van der Waals surface area contributed by atoms with E-state index in [1.54, 1.807) is 18.2 Å². The molecular formula is C27H38N4O10.